The van der Waals surface area contributed by atoms with Gasteiger partial charge in [0, 0.05) is 0 Å². The Balaban J connectivity index is 2.96. The van der Waals surface area contributed by atoms with Crippen LogP contribution in [-0.2, 0) is 10.0 Å². The molecular formula is C8H10F2N2O3S. The van der Waals surface area contributed by atoms with Crippen LogP contribution in [0.5, 0.6) is 5.75 Å². The summed E-state index contributed by atoms with van der Waals surface area (Å²) >= 11 is 0. The lowest BCUT2D eigenvalue weighted by atomic mass is 10.2. The standard InChI is InChI=1S/C8H10F2N2O3S/c1-15-7-3-2-5(4-6(7)11)12-16(13,14)8(9)10/h2-4,8,12H,11H2,1H3. The molecule has 0 fully saturated rings. The summed E-state index contributed by atoms with van der Waals surface area (Å²) in [5, 5.41) is 0. The van der Waals surface area contributed by atoms with Gasteiger partial charge in [0.2, 0.25) is 0 Å². The highest BCUT2D eigenvalue weighted by atomic mass is 32.2. The van der Waals surface area contributed by atoms with Crippen LogP contribution in [-0.4, -0.2) is 21.3 Å². The van der Waals surface area contributed by atoms with Crippen LogP contribution in [0.25, 0.3) is 0 Å². The Labute approximate surface area is 91.3 Å². The van der Waals surface area contributed by atoms with Crippen molar-refractivity contribution in [1.82, 2.24) is 0 Å². The van der Waals surface area contributed by atoms with Crippen molar-refractivity contribution in [3.8, 4) is 5.75 Å². The molecule has 0 saturated heterocycles. The quantitative estimate of drug-likeness (QED) is 0.790. The second-order valence-corrected chi connectivity index (χ2v) is 4.51. The first-order valence-corrected chi connectivity index (χ1v) is 5.64. The molecule has 0 aliphatic heterocycles. The van der Waals surface area contributed by atoms with E-state index in [1.54, 1.807) is 4.72 Å². The van der Waals surface area contributed by atoms with Gasteiger partial charge >= 0.3 is 5.76 Å². The van der Waals surface area contributed by atoms with Crippen molar-refractivity contribution in [2.45, 2.75) is 5.76 Å². The van der Waals surface area contributed by atoms with E-state index in [-0.39, 0.29) is 11.4 Å². The van der Waals surface area contributed by atoms with Gasteiger partial charge < -0.3 is 10.5 Å². The third-order valence-electron chi connectivity index (χ3n) is 1.72. The average molecular weight is 252 g/mol. The van der Waals surface area contributed by atoms with E-state index >= 15 is 0 Å². The van der Waals surface area contributed by atoms with Crippen molar-refractivity contribution in [1.29, 1.82) is 0 Å². The van der Waals surface area contributed by atoms with Gasteiger partial charge in [0.1, 0.15) is 5.75 Å². The molecule has 0 atom stereocenters. The van der Waals surface area contributed by atoms with Crippen LogP contribution in [0.4, 0.5) is 20.2 Å². The van der Waals surface area contributed by atoms with E-state index in [1.807, 2.05) is 0 Å². The highest BCUT2D eigenvalue weighted by molar-refractivity contribution is 7.93. The van der Waals surface area contributed by atoms with E-state index in [4.69, 9.17) is 10.5 Å². The Morgan fingerprint density at radius 3 is 2.50 bits per heavy atom. The normalized spacial score (nSPS) is 11.5. The summed E-state index contributed by atoms with van der Waals surface area (Å²) in [5.74, 6) is -3.16. The molecule has 0 unspecified atom stereocenters. The summed E-state index contributed by atoms with van der Waals surface area (Å²) in [7, 11) is -3.28. The molecule has 0 amide bonds. The number of rotatable bonds is 4. The van der Waals surface area contributed by atoms with E-state index < -0.39 is 15.8 Å². The first kappa shape index (κ1) is 12.5. The molecule has 0 saturated carbocycles. The second kappa shape index (κ2) is 4.52. The van der Waals surface area contributed by atoms with Crippen molar-refractivity contribution >= 4 is 21.4 Å². The number of sulfonamides is 1. The number of nitrogens with one attached hydrogen (secondary N) is 1. The summed E-state index contributed by atoms with van der Waals surface area (Å²) in [6.45, 7) is 0. The first-order valence-electron chi connectivity index (χ1n) is 4.10. The van der Waals surface area contributed by atoms with Crippen LogP contribution in [0.2, 0.25) is 0 Å². The summed E-state index contributed by atoms with van der Waals surface area (Å²) < 4.78 is 52.3. The fourth-order valence-corrected chi connectivity index (χ4v) is 1.55. The molecule has 1 rings (SSSR count). The summed E-state index contributed by atoms with van der Waals surface area (Å²) in [6, 6.07) is 3.84. The molecule has 0 aliphatic carbocycles. The number of benzene rings is 1. The number of alkyl halides is 2. The van der Waals surface area contributed by atoms with Crippen LogP contribution < -0.4 is 15.2 Å². The zero-order valence-electron chi connectivity index (χ0n) is 8.28. The molecule has 0 aliphatic rings. The van der Waals surface area contributed by atoms with Crippen molar-refractivity contribution in [3.63, 3.8) is 0 Å². The van der Waals surface area contributed by atoms with Gasteiger partial charge in [-0.2, -0.15) is 8.78 Å². The number of halogens is 2. The molecule has 5 nitrogen and oxygen atoms in total. The minimum absolute atomic E-state index is 0.0430. The number of nitrogens with two attached hydrogens (primary N) is 1. The zero-order valence-corrected chi connectivity index (χ0v) is 9.09. The molecule has 0 heterocycles. The van der Waals surface area contributed by atoms with E-state index in [0.717, 1.165) is 0 Å². The van der Waals surface area contributed by atoms with Crippen LogP contribution in [0, 0.1) is 0 Å². The molecule has 90 valence electrons. The highest BCUT2D eigenvalue weighted by Gasteiger charge is 2.23. The van der Waals surface area contributed by atoms with Crippen LogP contribution >= 0.6 is 0 Å². The van der Waals surface area contributed by atoms with Crippen molar-refractivity contribution in [2.75, 3.05) is 17.6 Å². The summed E-state index contributed by atoms with van der Waals surface area (Å²) in [4.78, 5) is 0. The monoisotopic (exact) mass is 252 g/mol. The number of hydrogen-bond acceptors (Lipinski definition) is 4. The molecule has 0 aromatic heterocycles. The summed E-state index contributed by atoms with van der Waals surface area (Å²) in [6.07, 6.45) is 0. The van der Waals surface area contributed by atoms with Gasteiger partial charge in [-0.05, 0) is 18.2 Å². The van der Waals surface area contributed by atoms with Crippen LogP contribution in [0.3, 0.4) is 0 Å². The molecule has 3 N–H and O–H groups in total. The average Bonchev–Trinajstić information content (AvgIpc) is 2.17. The Morgan fingerprint density at radius 2 is 2.06 bits per heavy atom. The molecule has 16 heavy (non-hydrogen) atoms. The molecule has 8 heteroatoms. The van der Waals surface area contributed by atoms with Crippen molar-refractivity contribution < 1.29 is 21.9 Å². The van der Waals surface area contributed by atoms with Gasteiger partial charge in [-0.15, -0.1) is 0 Å². The van der Waals surface area contributed by atoms with Crippen molar-refractivity contribution in [3.05, 3.63) is 18.2 Å². The lowest BCUT2D eigenvalue weighted by molar-refractivity contribution is 0.236. The smallest absolute Gasteiger partial charge is 0.355 e. The van der Waals surface area contributed by atoms with E-state index in [9.17, 15) is 17.2 Å². The Hall–Kier alpha value is -1.57. The van der Waals surface area contributed by atoms with Gasteiger partial charge in [-0.3, -0.25) is 4.72 Å². The maximum Gasteiger partial charge on any atom is 0.355 e. The van der Waals surface area contributed by atoms with E-state index in [2.05, 4.69) is 0 Å². The molecular weight excluding hydrogens is 242 g/mol. The molecule has 1 aromatic carbocycles. The maximum atomic E-state index is 12.0. The molecule has 0 radical (unpaired) electrons. The molecule has 0 spiro atoms. The van der Waals surface area contributed by atoms with Crippen LogP contribution in [0.1, 0.15) is 0 Å². The number of anilines is 2. The SMILES string of the molecule is COc1ccc(NS(=O)(=O)C(F)F)cc1N. The Bertz CT molecular complexity index is 476. The lowest BCUT2D eigenvalue weighted by Gasteiger charge is -2.09. The number of nitrogen functional groups attached to an aromatic ring is 1. The maximum absolute atomic E-state index is 12.0. The highest BCUT2D eigenvalue weighted by Crippen LogP contribution is 2.25. The molecule has 0 bridgehead atoms. The van der Waals surface area contributed by atoms with Crippen molar-refractivity contribution in [2.24, 2.45) is 0 Å². The third-order valence-corrected chi connectivity index (χ3v) is 2.71. The van der Waals surface area contributed by atoms with Crippen LogP contribution in [0.15, 0.2) is 18.2 Å². The van der Waals surface area contributed by atoms with Gasteiger partial charge in [0.05, 0.1) is 18.5 Å². The number of hydrogen-bond donors (Lipinski definition) is 2. The first-order chi connectivity index (χ1) is 7.36. The zero-order chi connectivity index (χ0) is 12.3. The fraction of sp³-hybridized carbons (Fsp3) is 0.250. The minimum atomic E-state index is -4.67. The number of ether oxygens (including phenoxy) is 1. The Morgan fingerprint density at radius 1 is 1.44 bits per heavy atom. The largest absolute Gasteiger partial charge is 0.495 e. The fourth-order valence-electron chi connectivity index (χ4n) is 1.01. The number of methoxy groups -OCH3 is 1. The minimum Gasteiger partial charge on any atom is -0.495 e. The Kier molecular flexibility index (Phi) is 3.53. The second-order valence-electron chi connectivity index (χ2n) is 2.86. The van der Waals surface area contributed by atoms with E-state index in [1.165, 1.54) is 25.3 Å². The predicted octanol–water partition coefficient (Wildman–Crippen LogP) is 1.24. The van der Waals surface area contributed by atoms with Gasteiger partial charge in [0.15, 0.2) is 0 Å². The third kappa shape index (κ3) is 2.72. The van der Waals surface area contributed by atoms with Gasteiger partial charge in [-0.25, -0.2) is 8.42 Å². The van der Waals surface area contributed by atoms with E-state index in [0.29, 0.717) is 5.75 Å². The summed E-state index contributed by atoms with van der Waals surface area (Å²) in [5.41, 5.74) is 5.59. The predicted molar refractivity (Wildman–Crippen MR) is 56.0 cm³/mol. The topological polar surface area (TPSA) is 81.4 Å². The van der Waals surface area contributed by atoms with Gasteiger partial charge in [0.25, 0.3) is 10.0 Å². The lowest BCUT2D eigenvalue weighted by Crippen LogP contribution is -2.20. The van der Waals surface area contributed by atoms with Gasteiger partial charge in [-0.1, -0.05) is 0 Å². The molecule has 1 aromatic rings.